The molecule has 1 aromatic heterocycles. The molecule has 0 bridgehead atoms. The molecule has 0 spiro atoms. The van der Waals surface area contributed by atoms with Crippen LogP contribution in [0.4, 0.5) is 5.69 Å². The molecule has 1 unspecified atom stereocenters. The summed E-state index contributed by atoms with van der Waals surface area (Å²) in [6.07, 6.45) is 2.71. The smallest absolute Gasteiger partial charge is 0.269 e. The van der Waals surface area contributed by atoms with E-state index in [-0.39, 0.29) is 24.2 Å². The SMILES string of the molecule is O=C(NCC1COc2ccccc2O1)c1cnn(-c2ccc([N+](=O)[O-])cc2)c1. The second-order valence-corrected chi connectivity index (χ2v) is 6.15. The van der Waals surface area contributed by atoms with E-state index in [1.807, 2.05) is 24.3 Å². The minimum absolute atomic E-state index is 0.00912. The normalized spacial score (nSPS) is 15.1. The fraction of sp³-hybridized carbons (Fsp3) is 0.158. The zero-order valence-electron chi connectivity index (χ0n) is 14.6. The largest absolute Gasteiger partial charge is 0.486 e. The summed E-state index contributed by atoms with van der Waals surface area (Å²) < 4.78 is 12.9. The number of benzene rings is 2. The Hall–Kier alpha value is -3.88. The van der Waals surface area contributed by atoms with Gasteiger partial charge in [0.05, 0.1) is 28.9 Å². The maximum Gasteiger partial charge on any atom is 0.269 e. The predicted octanol–water partition coefficient (Wildman–Crippen LogP) is 2.35. The Kier molecular flexibility index (Phi) is 4.63. The monoisotopic (exact) mass is 380 g/mol. The first-order chi connectivity index (χ1) is 13.6. The number of rotatable bonds is 5. The molecule has 28 heavy (non-hydrogen) atoms. The van der Waals surface area contributed by atoms with Crippen molar-refractivity contribution in [3.8, 4) is 17.2 Å². The van der Waals surface area contributed by atoms with Crippen LogP contribution < -0.4 is 14.8 Å². The summed E-state index contributed by atoms with van der Waals surface area (Å²) >= 11 is 0. The number of hydrogen-bond acceptors (Lipinski definition) is 6. The van der Waals surface area contributed by atoms with Gasteiger partial charge in [0.25, 0.3) is 11.6 Å². The molecular weight excluding hydrogens is 364 g/mol. The molecular formula is C19H16N4O5. The van der Waals surface area contributed by atoms with Crippen LogP contribution in [0.2, 0.25) is 0 Å². The summed E-state index contributed by atoms with van der Waals surface area (Å²) in [5, 5.41) is 17.7. The van der Waals surface area contributed by atoms with Gasteiger partial charge >= 0.3 is 0 Å². The first kappa shape index (κ1) is 17.5. The highest BCUT2D eigenvalue weighted by Crippen LogP contribution is 2.30. The number of ether oxygens (including phenoxy) is 2. The first-order valence-electron chi connectivity index (χ1n) is 8.56. The van der Waals surface area contributed by atoms with Crippen molar-refractivity contribution in [2.45, 2.75) is 6.10 Å². The van der Waals surface area contributed by atoms with Gasteiger partial charge < -0.3 is 14.8 Å². The van der Waals surface area contributed by atoms with E-state index < -0.39 is 4.92 Å². The summed E-state index contributed by atoms with van der Waals surface area (Å²) in [6.45, 7) is 0.634. The highest BCUT2D eigenvalue weighted by Gasteiger charge is 2.21. The molecule has 4 rings (SSSR count). The van der Waals surface area contributed by atoms with Crippen LogP contribution in [0.5, 0.6) is 11.5 Å². The van der Waals surface area contributed by atoms with Gasteiger partial charge in [-0.25, -0.2) is 4.68 Å². The van der Waals surface area contributed by atoms with Crippen molar-refractivity contribution < 1.29 is 19.2 Å². The number of carbonyl (C=O) groups excluding carboxylic acids is 1. The van der Waals surface area contributed by atoms with Crippen molar-refractivity contribution in [2.75, 3.05) is 13.2 Å². The molecule has 1 atom stereocenters. The Morgan fingerprint density at radius 1 is 1.21 bits per heavy atom. The van der Waals surface area contributed by atoms with E-state index in [9.17, 15) is 14.9 Å². The van der Waals surface area contributed by atoms with Gasteiger partial charge in [-0.1, -0.05) is 12.1 Å². The van der Waals surface area contributed by atoms with Crippen LogP contribution in [0.1, 0.15) is 10.4 Å². The van der Waals surface area contributed by atoms with Crippen LogP contribution in [0.15, 0.2) is 60.9 Å². The number of nitro benzene ring substituents is 1. The van der Waals surface area contributed by atoms with Crippen LogP contribution >= 0.6 is 0 Å². The zero-order chi connectivity index (χ0) is 19.5. The third-order valence-corrected chi connectivity index (χ3v) is 4.23. The molecule has 2 aromatic carbocycles. The minimum atomic E-state index is -0.471. The lowest BCUT2D eigenvalue weighted by Crippen LogP contribution is -2.40. The van der Waals surface area contributed by atoms with Gasteiger partial charge in [0.15, 0.2) is 11.5 Å². The van der Waals surface area contributed by atoms with Gasteiger partial charge in [-0.3, -0.25) is 14.9 Å². The maximum absolute atomic E-state index is 12.4. The lowest BCUT2D eigenvalue weighted by atomic mass is 10.2. The molecule has 9 nitrogen and oxygen atoms in total. The van der Waals surface area contributed by atoms with Gasteiger partial charge in [0, 0.05) is 18.3 Å². The first-order valence-corrected chi connectivity index (χ1v) is 8.56. The van der Waals surface area contributed by atoms with Crippen molar-refractivity contribution in [3.05, 3.63) is 76.6 Å². The highest BCUT2D eigenvalue weighted by atomic mass is 16.6. The number of nitrogens with zero attached hydrogens (tertiary/aromatic N) is 3. The van der Waals surface area contributed by atoms with Crippen LogP contribution in [-0.4, -0.2) is 39.9 Å². The predicted molar refractivity (Wildman–Crippen MR) is 98.9 cm³/mol. The number of fused-ring (bicyclic) bond motifs is 1. The van der Waals surface area contributed by atoms with E-state index in [1.54, 1.807) is 18.3 Å². The number of aromatic nitrogens is 2. The molecule has 0 radical (unpaired) electrons. The Balaban J connectivity index is 1.36. The molecule has 0 fully saturated rings. The van der Waals surface area contributed by atoms with E-state index in [1.165, 1.54) is 23.0 Å². The molecule has 9 heteroatoms. The lowest BCUT2D eigenvalue weighted by molar-refractivity contribution is -0.384. The quantitative estimate of drug-likeness (QED) is 0.538. The molecule has 1 aliphatic rings. The zero-order valence-corrected chi connectivity index (χ0v) is 14.6. The van der Waals surface area contributed by atoms with Gasteiger partial charge in [0.2, 0.25) is 0 Å². The topological polar surface area (TPSA) is 109 Å². The molecule has 1 N–H and O–H groups in total. The van der Waals surface area contributed by atoms with Crippen molar-refractivity contribution in [1.29, 1.82) is 0 Å². The number of non-ortho nitro benzene ring substituents is 1. The molecule has 3 aromatic rings. The van der Waals surface area contributed by atoms with E-state index >= 15 is 0 Å². The van der Waals surface area contributed by atoms with E-state index in [0.717, 1.165) is 0 Å². The number of amides is 1. The fourth-order valence-electron chi connectivity index (χ4n) is 2.78. The van der Waals surface area contributed by atoms with E-state index in [0.29, 0.717) is 29.4 Å². The molecule has 0 aliphatic carbocycles. The third-order valence-electron chi connectivity index (χ3n) is 4.23. The number of para-hydroxylation sites is 2. The molecule has 0 saturated carbocycles. The van der Waals surface area contributed by atoms with Crippen LogP contribution in [0.3, 0.4) is 0 Å². The summed E-state index contributed by atoms with van der Waals surface area (Å²) in [5.74, 6) is 1.05. The van der Waals surface area contributed by atoms with E-state index in [2.05, 4.69) is 10.4 Å². The fourth-order valence-corrected chi connectivity index (χ4v) is 2.78. The van der Waals surface area contributed by atoms with Crippen molar-refractivity contribution in [3.63, 3.8) is 0 Å². The molecule has 1 aliphatic heterocycles. The van der Waals surface area contributed by atoms with Crippen LogP contribution in [0, 0.1) is 10.1 Å². The van der Waals surface area contributed by atoms with Crippen molar-refractivity contribution >= 4 is 11.6 Å². The van der Waals surface area contributed by atoms with Crippen molar-refractivity contribution in [1.82, 2.24) is 15.1 Å². The second-order valence-electron chi connectivity index (χ2n) is 6.15. The summed E-state index contributed by atoms with van der Waals surface area (Å²) in [4.78, 5) is 22.6. The van der Waals surface area contributed by atoms with Gasteiger partial charge in [-0.05, 0) is 24.3 Å². The number of hydrogen-bond donors (Lipinski definition) is 1. The Bertz CT molecular complexity index is 1020. The Morgan fingerprint density at radius 3 is 2.71 bits per heavy atom. The molecule has 1 amide bonds. The summed E-state index contributed by atoms with van der Waals surface area (Å²) in [6, 6.07) is 13.3. The highest BCUT2D eigenvalue weighted by molar-refractivity contribution is 5.93. The van der Waals surface area contributed by atoms with Gasteiger partial charge in [-0.2, -0.15) is 5.10 Å². The van der Waals surface area contributed by atoms with Gasteiger partial charge in [0.1, 0.15) is 12.7 Å². The lowest BCUT2D eigenvalue weighted by Gasteiger charge is -2.26. The maximum atomic E-state index is 12.4. The molecule has 142 valence electrons. The van der Waals surface area contributed by atoms with Crippen molar-refractivity contribution in [2.24, 2.45) is 0 Å². The summed E-state index contributed by atoms with van der Waals surface area (Å²) in [7, 11) is 0. The minimum Gasteiger partial charge on any atom is -0.486 e. The third kappa shape index (κ3) is 3.63. The van der Waals surface area contributed by atoms with Crippen LogP contribution in [-0.2, 0) is 0 Å². The Labute approximate surface area is 159 Å². The van der Waals surface area contributed by atoms with Gasteiger partial charge in [-0.15, -0.1) is 0 Å². The standard InChI is InChI=1S/C19H16N4O5/c24-19(20-10-16-12-27-17-3-1-2-4-18(17)28-16)13-9-21-22(11-13)14-5-7-15(8-6-14)23(25)26/h1-9,11,16H,10,12H2,(H,20,24). The molecule has 2 heterocycles. The van der Waals surface area contributed by atoms with E-state index in [4.69, 9.17) is 9.47 Å². The number of carbonyl (C=O) groups is 1. The summed E-state index contributed by atoms with van der Waals surface area (Å²) in [5.41, 5.74) is 0.978. The molecule has 0 saturated heterocycles. The number of nitrogens with one attached hydrogen (secondary N) is 1. The Morgan fingerprint density at radius 2 is 1.96 bits per heavy atom. The second kappa shape index (κ2) is 7.39. The van der Waals surface area contributed by atoms with Crippen LogP contribution in [0.25, 0.3) is 5.69 Å². The average Bonchev–Trinajstić information content (AvgIpc) is 3.22. The average molecular weight is 380 g/mol. The number of nitro groups is 1.